The van der Waals surface area contributed by atoms with E-state index >= 15 is 0 Å². The third-order valence-corrected chi connectivity index (χ3v) is 3.13. The van der Waals surface area contributed by atoms with E-state index in [4.69, 9.17) is 4.74 Å². The molecule has 1 unspecified atom stereocenters. The first-order valence-electron chi connectivity index (χ1n) is 6.16. The lowest BCUT2D eigenvalue weighted by Gasteiger charge is -2.26. The number of hydrogen-bond acceptors (Lipinski definition) is 4. The van der Waals surface area contributed by atoms with E-state index in [1.165, 1.54) is 0 Å². The van der Waals surface area contributed by atoms with E-state index in [0.29, 0.717) is 13.1 Å². The molecular formula is C11H21N3O2. The number of nitrogens with one attached hydrogen (secondary N) is 2. The number of hydrogen-bond donors (Lipinski definition) is 2. The predicted molar refractivity (Wildman–Crippen MR) is 61.3 cm³/mol. The molecule has 5 nitrogen and oxygen atoms in total. The number of carbonyl (C=O) groups excluding carboxylic acids is 1. The van der Waals surface area contributed by atoms with Crippen LogP contribution < -0.4 is 10.6 Å². The number of ether oxygens (including phenoxy) is 1. The summed E-state index contributed by atoms with van der Waals surface area (Å²) in [6.07, 6.45) is 2.44. The van der Waals surface area contributed by atoms with E-state index in [1.54, 1.807) is 0 Å². The maximum Gasteiger partial charge on any atom is 0.234 e. The molecule has 2 N–H and O–H groups in total. The largest absolute Gasteiger partial charge is 0.376 e. The smallest absolute Gasteiger partial charge is 0.234 e. The van der Waals surface area contributed by atoms with E-state index in [0.717, 1.165) is 45.6 Å². The lowest BCUT2D eigenvalue weighted by Crippen LogP contribution is -2.48. The molecule has 2 aliphatic rings. The Hall–Kier alpha value is -0.650. The maximum atomic E-state index is 11.6. The molecule has 0 radical (unpaired) electrons. The monoisotopic (exact) mass is 227 g/mol. The molecule has 1 atom stereocenters. The molecule has 2 heterocycles. The van der Waals surface area contributed by atoms with Gasteiger partial charge in [-0.15, -0.1) is 0 Å². The Kier molecular flexibility index (Phi) is 4.56. The van der Waals surface area contributed by atoms with Crippen LogP contribution in [0.15, 0.2) is 0 Å². The second-order valence-corrected chi connectivity index (χ2v) is 4.47. The zero-order chi connectivity index (χ0) is 11.2. The Morgan fingerprint density at radius 2 is 2.25 bits per heavy atom. The molecule has 0 spiro atoms. The van der Waals surface area contributed by atoms with Crippen molar-refractivity contribution in [2.24, 2.45) is 0 Å². The summed E-state index contributed by atoms with van der Waals surface area (Å²) in [6, 6.07) is 0. The fourth-order valence-electron chi connectivity index (χ4n) is 2.16. The van der Waals surface area contributed by atoms with Gasteiger partial charge in [0.2, 0.25) is 5.91 Å². The summed E-state index contributed by atoms with van der Waals surface area (Å²) in [7, 11) is 0. The van der Waals surface area contributed by atoms with Crippen LogP contribution in [0.1, 0.15) is 12.8 Å². The van der Waals surface area contributed by atoms with E-state index in [-0.39, 0.29) is 12.0 Å². The molecule has 1 amide bonds. The fourth-order valence-corrected chi connectivity index (χ4v) is 2.16. The van der Waals surface area contributed by atoms with Gasteiger partial charge in [-0.25, -0.2) is 0 Å². The summed E-state index contributed by atoms with van der Waals surface area (Å²) in [6.45, 7) is 5.94. The zero-order valence-electron chi connectivity index (χ0n) is 9.71. The molecule has 2 aliphatic heterocycles. The Morgan fingerprint density at radius 3 is 2.94 bits per heavy atom. The van der Waals surface area contributed by atoms with Gasteiger partial charge in [0.15, 0.2) is 0 Å². The SMILES string of the molecule is O=C(CN1CCNCC1)NCC1CCCO1. The van der Waals surface area contributed by atoms with Gasteiger partial charge < -0.3 is 15.4 Å². The molecule has 0 bridgehead atoms. The fraction of sp³-hybridized carbons (Fsp3) is 0.909. The quantitative estimate of drug-likeness (QED) is 0.659. The summed E-state index contributed by atoms with van der Waals surface area (Å²) in [5.41, 5.74) is 0. The first-order valence-corrected chi connectivity index (χ1v) is 6.16. The summed E-state index contributed by atoms with van der Waals surface area (Å²) < 4.78 is 5.45. The van der Waals surface area contributed by atoms with E-state index in [2.05, 4.69) is 15.5 Å². The molecule has 0 aliphatic carbocycles. The molecule has 5 heteroatoms. The van der Waals surface area contributed by atoms with Crippen molar-refractivity contribution < 1.29 is 9.53 Å². The van der Waals surface area contributed by atoms with Gasteiger partial charge in [-0.1, -0.05) is 0 Å². The van der Waals surface area contributed by atoms with Crippen LogP contribution in [0, 0.1) is 0 Å². The third kappa shape index (κ3) is 3.73. The highest BCUT2D eigenvalue weighted by Crippen LogP contribution is 2.10. The topological polar surface area (TPSA) is 53.6 Å². The van der Waals surface area contributed by atoms with Crippen molar-refractivity contribution >= 4 is 5.91 Å². The Labute approximate surface area is 96.5 Å². The second-order valence-electron chi connectivity index (χ2n) is 4.47. The van der Waals surface area contributed by atoms with Crippen molar-refractivity contribution in [3.05, 3.63) is 0 Å². The third-order valence-electron chi connectivity index (χ3n) is 3.13. The Balaban J connectivity index is 1.59. The van der Waals surface area contributed by atoms with Crippen LogP contribution in [0.5, 0.6) is 0 Å². The van der Waals surface area contributed by atoms with Crippen LogP contribution in [-0.2, 0) is 9.53 Å². The van der Waals surface area contributed by atoms with Crippen LogP contribution in [-0.4, -0.2) is 62.8 Å². The van der Waals surface area contributed by atoms with Crippen molar-refractivity contribution in [1.29, 1.82) is 0 Å². The van der Waals surface area contributed by atoms with Crippen LogP contribution in [0.2, 0.25) is 0 Å². The van der Waals surface area contributed by atoms with Gasteiger partial charge in [-0.2, -0.15) is 0 Å². The molecular weight excluding hydrogens is 206 g/mol. The van der Waals surface area contributed by atoms with E-state index < -0.39 is 0 Å². The van der Waals surface area contributed by atoms with Gasteiger partial charge >= 0.3 is 0 Å². The molecule has 2 saturated heterocycles. The highest BCUT2D eigenvalue weighted by atomic mass is 16.5. The summed E-state index contributed by atoms with van der Waals surface area (Å²) >= 11 is 0. The number of amides is 1. The molecule has 0 aromatic rings. The molecule has 2 rings (SSSR count). The number of rotatable bonds is 4. The van der Waals surface area contributed by atoms with Crippen LogP contribution in [0.25, 0.3) is 0 Å². The average molecular weight is 227 g/mol. The zero-order valence-corrected chi connectivity index (χ0v) is 9.71. The molecule has 92 valence electrons. The highest BCUT2D eigenvalue weighted by Gasteiger charge is 2.17. The molecule has 0 aromatic heterocycles. The lowest BCUT2D eigenvalue weighted by molar-refractivity contribution is -0.122. The van der Waals surface area contributed by atoms with E-state index in [1.807, 2.05) is 0 Å². The van der Waals surface area contributed by atoms with Gasteiger partial charge in [-0.05, 0) is 12.8 Å². The first kappa shape index (κ1) is 11.8. The number of piperazine rings is 1. The lowest BCUT2D eigenvalue weighted by atomic mass is 10.2. The number of nitrogens with zero attached hydrogens (tertiary/aromatic N) is 1. The minimum Gasteiger partial charge on any atom is -0.376 e. The van der Waals surface area contributed by atoms with Crippen LogP contribution in [0.3, 0.4) is 0 Å². The van der Waals surface area contributed by atoms with Crippen molar-refractivity contribution in [3.8, 4) is 0 Å². The summed E-state index contributed by atoms with van der Waals surface area (Å²) in [4.78, 5) is 13.8. The molecule has 16 heavy (non-hydrogen) atoms. The predicted octanol–water partition coefficient (Wildman–Crippen LogP) is -0.813. The van der Waals surface area contributed by atoms with Gasteiger partial charge in [-0.3, -0.25) is 9.69 Å². The van der Waals surface area contributed by atoms with Gasteiger partial charge in [0.25, 0.3) is 0 Å². The minimum atomic E-state index is 0.123. The van der Waals surface area contributed by atoms with Crippen molar-refractivity contribution in [2.75, 3.05) is 45.9 Å². The van der Waals surface area contributed by atoms with E-state index in [9.17, 15) is 4.79 Å². The normalized spacial score (nSPS) is 26.9. The van der Waals surface area contributed by atoms with Gasteiger partial charge in [0, 0.05) is 39.3 Å². The first-order chi connectivity index (χ1) is 7.84. The van der Waals surface area contributed by atoms with Gasteiger partial charge in [0.1, 0.15) is 0 Å². The van der Waals surface area contributed by atoms with Gasteiger partial charge in [0.05, 0.1) is 12.6 Å². The van der Waals surface area contributed by atoms with Crippen LogP contribution in [0.4, 0.5) is 0 Å². The summed E-state index contributed by atoms with van der Waals surface area (Å²) in [5, 5.41) is 6.22. The van der Waals surface area contributed by atoms with Crippen molar-refractivity contribution in [3.63, 3.8) is 0 Å². The van der Waals surface area contributed by atoms with Crippen LogP contribution >= 0.6 is 0 Å². The van der Waals surface area contributed by atoms with Crippen molar-refractivity contribution in [2.45, 2.75) is 18.9 Å². The molecule has 0 saturated carbocycles. The minimum absolute atomic E-state index is 0.123. The van der Waals surface area contributed by atoms with Crippen molar-refractivity contribution in [1.82, 2.24) is 15.5 Å². The standard InChI is InChI=1S/C11H21N3O2/c15-11(9-14-5-3-12-4-6-14)13-8-10-2-1-7-16-10/h10,12H,1-9H2,(H,13,15). The second kappa shape index (κ2) is 6.18. The Morgan fingerprint density at radius 1 is 1.44 bits per heavy atom. The molecule has 0 aromatic carbocycles. The molecule has 2 fully saturated rings. The number of carbonyl (C=O) groups is 1. The summed E-state index contributed by atoms with van der Waals surface area (Å²) in [5.74, 6) is 0.123. The maximum absolute atomic E-state index is 11.6. The Bertz CT molecular complexity index is 223. The highest BCUT2D eigenvalue weighted by molar-refractivity contribution is 5.78. The average Bonchev–Trinajstić information content (AvgIpc) is 2.81.